The van der Waals surface area contributed by atoms with Crippen LogP contribution in [0.2, 0.25) is 0 Å². The van der Waals surface area contributed by atoms with E-state index in [-0.39, 0.29) is 6.08 Å². The zero-order chi connectivity index (χ0) is 10.9. The van der Waals surface area contributed by atoms with Crippen molar-refractivity contribution in [1.82, 2.24) is 9.88 Å². The molecule has 0 radical (unpaired) electrons. The summed E-state index contributed by atoms with van der Waals surface area (Å²) in [7, 11) is 0. The summed E-state index contributed by atoms with van der Waals surface area (Å²) in [4.78, 5) is 15.5. The van der Waals surface area contributed by atoms with E-state index >= 15 is 0 Å². The molecule has 2 heterocycles. The van der Waals surface area contributed by atoms with Crippen LogP contribution >= 0.6 is 0 Å². The molecule has 0 atom stereocenters. The van der Waals surface area contributed by atoms with Gasteiger partial charge >= 0.3 is 12.2 Å². The first kappa shape index (κ1) is 9.63. The monoisotopic (exact) mass is 216 g/mol. The van der Waals surface area contributed by atoms with E-state index in [0.717, 1.165) is 11.1 Å². The van der Waals surface area contributed by atoms with E-state index in [1.165, 1.54) is 12.5 Å². The highest BCUT2D eigenvalue weighted by atomic mass is 19.3. The Morgan fingerprint density at radius 1 is 1.67 bits per heavy atom. The summed E-state index contributed by atoms with van der Waals surface area (Å²) in [5.41, 5.74) is 0. The van der Waals surface area contributed by atoms with Gasteiger partial charge in [-0.1, -0.05) is 0 Å². The smallest absolute Gasteiger partial charge is 0.417 e. The molecule has 0 unspecified atom stereocenters. The number of hydrogen-bond donors (Lipinski definition) is 0. The summed E-state index contributed by atoms with van der Waals surface area (Å²) in [5, 5.41) is 0. The van der Waals surface area contributed by atoms with E-state index in [9.17, 15) is 13.6 Å². The van der Waals surface area contributed by atoms with Gasteiger partial charge in [-0.25, -0.2) is 4.79 Å². The predicted octanol–water partition coefficient (Wildman–Crippen LogP) is 1.64. The topological polar surface area (TPSA) is 55.6 Å². The predicted molar refractivity (Wildman–Crippen MR) is 43.3 cm³/mol. The number of nitrogens with zero attached hydrogens (tertiary/aromatic N) is 2. The summed E-state index contributed by atoms with van der Waals surface area (Å²) < 4.78 is 34.5. The van der Waals surface area contributed by atoms with E-state index in [2.05, 4.69) is 14.1 Å². The molecule has 0 aromatic carbocycles. The summed E-state index contributed by atoms with van der Waals surface area (Å²) in [6, 6.07) is 0. The quantitative estimate of drug-likeness (QED) is 0.716. The number of carbonyl (C=O) groups excluding carboxylic acids is 1. The molecule has 0 bridgehead atoms. The van der Waals surface area contributed by atoms with Crippen molar-refractivity contribution in [3.8, 4) is 6.08 Å². The first-order valence-corrected chi connectivity index (χ1v) is 4.02. The third kappa shape index (κ3) is 2.12. The maximum atomic E-state index is 12.7. The minimum Gasteiger partial charge on any atom is -0.417 e. The molecule has 1 aliphatic heterocycles. The first-order valence-electron chi connectivity index (χ1n) is 4.02. The molecule has 0 saturated carbocycles. The Bertz CT molecular complexity index is 389. The van der Waals surface area contributed by atoms with Gasteiger partial charge in [0.15, 0.2) is 0 Å². The Labute approximate surface area is 82.9 Å². The van der Waals surface area contributed by atoms with Gasteiger partial charge in [0.25, 0.3) is 5.92 Å². The van der Waals surface area contributed by atoms with Gasteiger partial charge in [-0.3, -0.25) is 4.90 Å². The van der Waals surface area contributed by atoms with Crippen LogP contribution in [0.1, 0.15) is 0 Å². The lowest BCUT2D eigenvalue weighted by Crippen LogP contribution is -2.32. The Balaban J connectivity index is 1.96. The van der Waals surface area contributed by atoms with Gasteiger partial charge in [-0.2, -0.15) is 13.8 Å². The van der Waals surface area contributed by atoms with E-state index in [1.54, 1.807) is 0 Å². The number of rotatable bonds is 1. The minimum absolute atomic E-state index is 0.274. The van der Waals surface area contributed by atoms with Crippen LogP contribution < -0.4 is 4.74 Å². The minimum atomic E-state index is -3.00. The molecule has 7 heteroatoms. The molecule has 2 rings (SSSR count). The Hall–Kier alpha value is -1.92. The summed E-state index contributed by atoms with van der Waals surface area (Å²) in [6.07, 6.45) is 2.85. The molecule has 1 aromatic rings. The fourth-order valence-electron chi connectivity index (χ4n) is 1.05. The Kier molecular flexibility index (Phi) is 2.14. The molecule has 0 spiro atoms. The van der Waals surface area contributed by atoms with Gasteiger partial charge in [-0.05, 0) is 0 Å². The third-order valence-electron chi connectivity index (χ3n) is 1.70. The zero-order valence-corrected chi connectivity index (χ0v) is 7.39. The van der Waals surface area contributed by atoms with Gasteiger partial charge in [0, 0.05) is 12.3 Å². The van der Waals surface area contributed by atoms with Crippen LogP contribution in [0.4, 0.5) is 13.6 Å². The van der Waals surface area contributed by atoms with Crippen molar-refractivity contribution < 1.29 is 22.7 Å². The Morgan fingerprint density at radius 3 is 3.00 bits per heavy atom. The van der Waals surface area contributed by atoms with Crippen LogP contribution in [0.25, 0.3) is 0 Å². The number of carbonyl (C=O) groups is 1. The lowest BCUT2D eigenvalue weighted by Gasteiger charge is -2.13. The Morgan fingerprint density at radius 2 is 2.47 bits per heavy atom. The number of oxazole rings is 1. The molecule has 0 aliphatic carbocycles. The number of amides is 1. The lowest BCUT2D eigenvalue weighted by molar-refractivity contribution is 0.0440. The highest BCUT2D eigenvalue weighted by molar-refractivity contribution is 5.71. The number of aromatic nitrogens is 1. The standard InChI is InChI=1S/C8H6F2N2O3/c9-8(10)1-3-12(5-8)7(13)15-6-11-2-4-14-6/h1-4H,5H2. The molecule has 80 valence electrons. The average molecular weight is 216 g/mol. The van der Waals surface area contributed by atoms with Gasteiger partial charge in [-0.15, -0.1) is 0 Å². The molecule has 1 amide bonds. The van der Waals surface area contributed by atoms with Crippen molar-refractivity contribution in [2.75, 3.05) is 6.54 Å². The SMILES string of the molecule is O=C(Oc1ncco1)N1C=CC(F)(F)C1. The molecule has 1 aliphatic rings. The second kappa shape index (κ2) is 3.34. The molecule has 15 heavy (non-hydrogen) atoms. The van der Waals surface area contributed by atoms with E-state index < -0.39 is 18.6 Å². The largest absolute Gasteiger partial charge is 0.423 e. The van der Waals surface area contributed by atoms with Gasteiger partial charge in [0.2, 0.25) is 0 Å². The summed E-state index contributed by atoms with van der Waals surface area (Å²) in [6.45, 7) is -0.730. The van der Waals surface area contributed by atoms with E-state index in [1.807, 2.05) is 0 Å². The summed E-state index contributed by atoms with van der Waals surface area (Å²) >= 11 is 0. The van der Waals surface area contributed by atoms with Gasteiger partial charge in [0.05, 0.1) is 12.7 Å². The molecule has 0 saturated heterocycles. The molecule has 1 aromatic heterocycles. The number of alkyl halides is 2. The van der Waals surface area contributed by atoms with Gasteiger partial charge in [0.1, 0.15) is 6.26 Å². The third-order valence-corrected chi connectivity index (χ3v) is 1.70. The van der Waals surface area contributed by atoms with Gasteiger partial charge < -0.3 is 9.15 Å². The highest BCUT2D eigenvalue weighted by Gasteiger charge is 2.36. The summed E-state index contributed by atoms with van der Waals surface area (Å²) in [5.74, 6) is -3.00. The van der Waals surface area contributed by atoms with E-state index in [4.69, 9.17) is 0 Å². The van der Waals surface area contributed by atoms with Crippen molar-refractivity contribution in [2.24, 2.45) is 0 Å². The molecule has 0 N–H and O–H groups in total. The van der Waals surface area contributed by atoms with Crippen LogP contribution in [0.3, 0.4) is 0 Å². The van der Waals surface area contributed by atoms with Crippen LogP contribution in [-0.4, -0.2) is 28.4 Å². The van der Waals surface area contributed by atoms with Crippen molar-refractivity contribution in [3.63, 3.8) is 0 Å². The van der Waals surface area contributed by atoms with E-state index in [0.29, 0.717) is 6.08 Å². The highest BCUT2D eigenvalue weighted by Crippen LogP contribution is 2.24. The van der Waals surface area contributed by atoms with Crippen molar-refractivity contribution in [2.45, 2.75) is 5.92 Å². The fraction of sp³-hybridized carbons (Fsp3) is 0.250. The number of halogens is 2. The van der Waals surface area contributed by atoms with Crippen LogP contribution in [0.15, 0.2) is 29.2 Å². The van der Waals surface area contributed by atoms with Crippen molar-refractivity contribution in [3.05, 3.63) is 24.7 Å². The van der Waals surface area contributed by atoms with Crippen molar-refractivity contribution in [1.29, 1.82) is 0 Å². The average Bonchev–Trinajstić information content (AvgIpc) is 2.74. The first-order chi connectivity index (χ1) is 7.07. The zero-order valence-electron chi connectivity index (χ0n) is 7.39. The second-order valence-electron chi connectivity index (χ2n) is 2.87. The number of hydrogen-bond acceptors (Lipinski definition) is 4. The van der Waals surface area contributed by atoms with Crippen molar-refractivity contribution >= 4 is 6.09 Å². The normalized spacial score (nSPS) is 18.1. The van der Waals surface area contributed by atoms with Crippen LogP contribution in [-0.2, 0) is 0 Å². The maximum absolute atomic E-state index is 12.7. The molecule has 0 fully saturated rings. The fourth-order valence-corrected chi connectivity index (χ4v) is 1.05. The van der Waals surface area contributed by atoms with Crippen LogP contribution in [0, 0.1) is 0 Å². The second-order valence-corrected chi connectivity index (χ2v) is 2.87. The molecular formula is C8H6F2N2O3. The number of ether oxygens (including phenoxy) is 1. The molecule has 5 nitrogen and oxygen atoms in total. The van der Waals surface area contributed by atoms with Crippen LogP contribution in [0.5, 0.6) is 6.08 Å². The molecular weight excluding hydrogens is 210 g/mol. The lowest BCUT2D eigenvalue weighted by atomic mass is 10.4. The maximum Gasteiger partial charge on any atom is 0.423 e.